The van der Waals surface area contributed by atoms with Crippen molar-refractivity contribution in [1.29, 1.82) is 0 Å². The van der Waals surface area contributed by atoms with Crippen LogP contribution in [0.25, 0.3) is 11.3 Å². The first-order valence-electron chi connectivity index (χ1n) is 10.1. The van der Waals surface area contributed by atoms with E-state index in [2.05, 4.69) is 10.6 Å². The number of halogens is 2. The van der Waals surface area contributed by atoms with Crippen molar-refractivity contribution in [2.45, 2.75) is 0 Å². The highest BCUT2D eigenvalue weighted by atomic mass is 35.5. The summed E-state index contributed by atoms with van der Waals surface area (Å²) in [5.41, 5.74) is 3.77. The molecule has 33 heavy (non-hydrogen) atoms. The van der Waals surface area contributed by atoms with Crippen LogP contribution in [0.3, 0.4) is 0 Å². The minimum absolute atomic E-state index is 0.170. The van der Waals surface area contributed by atoms with E-state index in [0.29, 0.717) is 33.2 Å². The number of thiophene rings is 1. The minimum atomic E-state index is -0.549. The van der Waals surface area contributed by atoms with Crippen molar-refractivity contribution in [3.63, 3.8) is 0 Å². The highest BCUT2D eigenvalue weighted by Crippen LogP contribution is 2.39. The summed E-state index contributed by atoms with van der Waals surface area (Å²) in [5.74, 6) is -1.04. The van der Waals surface area contributed by atoms with Gasteiger partial charge in [0.2, 0.25) is 5.91 Å². The summed E-state index contributed by atoms with van der Waals surface area (Å²) in [7, 11) is 5.10. The minimum Gasteiger partial charge on any atom is -0.354 e. The quantitative estimate of drug-likeness (QED) is 0.483. The number of amides is 2. The van der Waals surface area contributed by atoms with Gasteiger partial charge in [-0.3, -0.25) is 9.59 Å². The molecule has 3 aromatic rings. The molecule has 2 amide bonds. The van der Waals surface area contributed by atoms with Crippen LogP contribution in [0, 0.1) is 5.82 Å². The number of nitrogens with zero attached hydrogens (tertiary/aromatic N) is 2. The van der Waals surface area contributed by atoms with Crippen LogP contribution in [0.1, 0.15) is 11.1 Å². The average molecular weight is 485 g/mol. The molecule has 0 spiro atoms. The van der Waals surface area contributed by atoms with E-state index in [-0.39, 0.29) is 24.0 Å². The van der Waals surface area contributed by atoms with E-state index >= 15 is 0 Å². The molecule has 0 bridgehead atoms. The largest absolute Gasteiger partial charge is 0.354 e. The number of hydrogen-bond acceptors (Lipinski definition) is 5. The van der Waals surface area contributed by atoms with Gasteiger partial charge in [0, 0.05) is 34.3 Å². The number of benzene rings is 2. The number of fused-ring (bicyclic) bond motifs is 1. The number of carbonyl (C=O) groups is 2. The van der Waals surface area contributed by atoms with Gasteiger partial charge < -0.3 is 20.4 Å². The Hall–Kier alpha value is -3.20. The smallest absolute Gasteiger partial charge is 0.258 e. The fourth-order valence-electron chi connectivity index (χ4n) is 3.59. The van der Waals surface area contributed by atoms with Crippen molar-refractivity contribution >= 4 is 63.1 Å². The van der Waals surface area contributed by atoms with E-state index in [4.69, 9.17) is 11.6 Å². The molecule has 0 saturated carbocycles. The second-order valence-electron chi connectivity index (χ2n) is 7.89. The molecule has 9 heteroatoms. The number of carbonyl (C=O) groups excluding carboxylic acids is 2. The van der Waals surface area contributed by atoms with Crippen molar-refractivity contribution in [2.24, 2.45) is 0 Å². The second kappa shape index (κ2) is 9.35. The zero-order chi connectivity index (χ0) is 23.7. The van der Waals surface area contributed by atoms with Crippen molar-refractivity contribution in [1.82, 2.24) is 4.90 Å². The first-order valence-corrected chi connectivity index (χ1v) is 11.4. The first-order chi connectivity index (χ1) is 15.7. The lowest BCUT2D eigenvalue weighted by Crippen LogP contribution is -2.35. The zero-order valence-corrected chi connectivity index (χ0v) is 19.9. The van der Waals surface area contributed by atoms with Crippen molar-refractivity contribution in [3.8, 4) is 0 Å². The molecular formula is C24H22ClFN4O2S. The van der Waals surface area contributed by atoms with E-state index in [1.807, 2.05) is 16.8 Å². The van der Waals surface area contributed by atoms with Crippen LogP contribution < -0.4 is 15.5 Å². The van der Waals surface area contributed by atoms with Gasteiger partial charge in [-0.25, -0.2) is 4.39 Å². The molecule has 2 heterocycles. The third kappa shape index (κ3) is 4.78. The molecular weight excluding hydrogens is 463 g/mol. The lowest BCUT2D eigenvalue weighted by atomic mass is 10.0. The van der Waals surface area contributed by atoms with Gasteiger partial charge in [-0.05, 0) is 55.9 Å². The highest BCUT2D eigenvalue weighted by Gasteiger charge is 2.29. The molecule has 4 rings (SSSR count). The van der Waals surface area contributed by atoms with Gasteiger partial charge >= 0.3 is 0 Å². The lowest BCUT2D eigenvalue weighted by molar-refractivity contribution is -0.119. The van der Waals surface area contributed by atoms with Crippen molar-refractivity contribution in [3.05, 3.63) is 75.2 Å². The molecule has 0 radical (unpaired) electrons. The maximum atomic E-state index is 15.0. The summed E-state index contributed by atoms with van der Waals surface area (Å²) in [6, 6.07) is 11.6. The molecule has 6 nitrogen and oxygen atoms in total. The number of hydrogen-bond donors (Lipinski definition) is 2. The Morgan fingerprint density at radius 3 is 2.61 bits per heavy atom. The topological polar surface area (TPSA) is 64.7 Å². The average Bonchev–Trinajstić information content (AvgIpc) is 3.38. The highest BCUT2D eigenvalue weighted by molar-refractivity contribution is 7.08. The molecule has 1 aromatic heterocycles. The fraction of sp³-hybridized carbons (Fsp3) is 0.167. The molecule has 0 saturated heterocycles. The maximum absolute atomic E-state index is 15.0. The zero-order valence-electron chi connectivity index (χ0n) is 18.3. The summed E-state index contributed by atoms with van der Waals surface area (Å²) in [5, 5.41) is 10.4. The predicted molar refractivity (Wildman–Crippen MR) is 133 cm³/mol. The molecule has 2 N–H and O–H groups in total. The Kier molecular flexibility index (Phi) is 6.51. The molecule has 0 unspecified atom stereocenters. The van der Waals surface area contributed by atoms with Gasteiger partial charge in [0.1, 0.15) is 5.82 Å². The second-order valence-corrected chi connectivity index (χ2v) is 9.10. The monoisotopic (exact) mass is 484 g/mol. The van der Waals surface area contributed by atoms with Gasteiger partial charge in [0.25, 0.3) is 5.91 Å². The molecule has 170 valence electrons. The number of likely N-dealkylation sites (N-methyl/N-ethyl adjacent to an activating group) is 2. The molecule has 1 aliphatic rings. The third-order valence-electron chi connectivity index (χ3n) is 5.19. The Bertz CT molecular complexity index is 1260. The lowest BCUT2D eigenvalue weighted by Gasteiger charge is -2.21. The van der Waals surface area contributed by atoms with E-state index in [0.717, 1.165) is 5.56 Å². The van der Waals surface area contributed by atoms with Crippen LogP contribution in [0.4, 0.5) is 21.5 Å². The number of rotatable bonds is 6. The van der Waals surface area contributed by atoms with E-state index in [1.54, 1.807) is 56.4 Å². The summed E-state index contributed by atoms with van der Waals surface area (Å²) >= 11 is 7.57. The van der Waals surface area contributed by atoms with Crippen LogP contribution in [-0.2, 0) is 9.59 Å². The van der Waals surface area contributed by atoms with Crippen molar-refractivity contribution in [2.75, 3.05) is 43.2 Å². The Balaban J connectivity index is 1.72. The van der Waals surface area contributed by atoms with E-state index < -0.39 is 5.82 Å². The summed E-state index contributed by atoms with van der Waals surface area (Å²) in [6.45, 7) is 0.170. The Morgan fingerprint density at radius 1 is 1.15 bits per heavy atom. The predicted octanol–water partition coefficient (Wildman–Crippen LogP) is 5.00. The van der Waals surface area contributed by atoms with E-state index in [1.165, 1.54) is 22.3 Å². The summed E-state index contributed by atoms with van der Waals surface area (Å²) in [6.07, 6.45) is 0. The standard InChI is InChI=1S/C24H22ClFN4O2S/c1-29(2)12-21(31)30(3)20-7-5-16(11-18(20)26)27-23(14-8-9-33-13-14)22-17-6-4-15(25)10-19(17)28-24(22)32/h4-11,13,27H,12H2,1-3H3,(H,28,32). The Labute approximate surface area is 200 Å². The normalized spacial score (nSPS) is 14.2. The summed E-state index contributed by atoms with van der Waals surface area (Å²) in [4.78, 5) is 28.2. The maximum Gasteiger partial charge on any atom is 0.258 e. The SMILES string of the molecule is CN(C)CC(=O)N(C)c1ccc(NC(=C2C(=O)Nc3cc(Cl)ccc32)c2ccsc2)cc1F. The van der Waals surface area contributed by atoms with Gasteiger partial charge in [-0.1, -0.05) is 17.7 Å². The van der Waals surface area contributed by atoms with Crippen LogP contribution in [0.5, 0.6) is 0 Å². The molecule has 0 aliphatic carbocycles. The fourth-order valence-corrected chi connectivity index (χ4v) is 4.41. The molecule has 0 atom stereocenters. The van der Waals surface area contributed by atoms with Gasteiger partial charge in [0.05, 0.1) is 29.2 Å². The first kappa shape index (κ1) is 23.0. The van der Waals surface area contributed by atoms with Crippen LogP contribution in [-0.4, -0.2) is 44.4 Å². The Morgan fingerprint density at radius 2 is 1.94 bits per heavy atom. The number of anilines is 3. The van der Waals surface area contributed by atoms with Gasteiger partial charge in [-0.2, -0.15) is 11.3 Å². The van der Waals surface area contributed by atoms with Gasteiger partial charge in [0.15, 0.2) is 0 Å². The van der Waals surface area contributed by atoms with E-state index in [9.17, 15) is 14.0 Å². The number of nitrogens with one attached hydrogen (secondary N) is 2. The molecule has 0 fully saturated rings. The van der Waals surface area contributed by atoms with Crippen LogP contribution >= 0.6 is 22.9 Å². The summed E-state index contributed by atoms with van der Waals surface area (Å²) < 4.78 is 15.0. The van der Waals surface area contributed by atoms with Crippen molar-refractivity contribution < 1.29 is 14.0 Å². The van der Waals surface area contributed by atoms with Crippen LogP contribution in [0.2, 0.25) is 5.02 Å². The molecule has 2 aromatic carbocycles. The van der Waals surface area contributed by atoms with Crippen LogP contribution in [0.15, 0.2) is 53.2 Å². The molecule has 1 aliphatic heterocycles. The van der Waals surface area contributed by atoms with Gasteiger partial charge in [-0.15, -0.1) is 0 Å². The third-order valence-corrected chi connectivity index (χ3v) is 6.11.